The number of allylic oxidation sites excluding steroid dienone is 3. The van der Waals surface area contributed by atoms with Gasteiger partial charge < -0.3 is 10.4 Å². The van der Waals surface area contributed by atoms with Gasteiger partial charge in [0.15, 0.2) is 0 Å². The molecular formula is C29H22IrN3S. The predicted octanol–water partition coefficient (Wildman–Crippen LogP) is 7.51. The van der Waals surface area contributed by atoms with E-state index in [0.717, 1.165) is 26.0 Å². The third-order valence-corrected chi connectivity index (χ3v) is 5.77. The van der Waals surface area contributed by atoms with Crippen LogP contribution in [-0.2, 0) is 20.1 Å². The van der Waals surface area contributed by atoms with Gasteiger partial charge in [-0.25, -0.2) is 10.7 Å². The van der Waals surface area contributed by atoms with Crippen molar-refractivity contribution < 1.29 is 28.3 Å². The van der Waals surface area contributed by atoms with Gasteiger partial charge in [-0.05, 0) is 41.2 Å². The summed E-state index contributed by atoms with van der Waals surface area (Å²) < 4.78 is 47.7. The number of nitrogens with zero attached hydrogens (tertiary/aromatic N) is 3. The van der Waals surface area contributed by atoms with E-state index in [1.807, 2.05) is 37.3 Å². The molecule has 0 spiro atoms. The molecule has 0 saturated heterocycles. The molecule has 34 heavy (non-hydrogen) atoms. The summed E-state index contributed by atoms with van der Waals surface area (Å²) in [4.78, 5) is 9.44. The van der Waals surface area contributed by atoms with Crippen LogP contribution in [0.15, 0.2) is 91.6 Å². The Labute approximate surface area is 226 Å². The number of aryl methyl sites for hydroxylation is 1. The van der Waals surface area contributed by atoms with Crippen LogP contribution < -0.4 is 0 Å². The van der Waals surface area contributed by atoms with Crippen LogP contribution in [0.1, 0.15) is 25.0 Å². The fourth-order valence-corrected chi connectivity index (χ4v) is 4.32. The molecule has 3 aromatic heterocycles. The standard InChI is InChI=1S/C18H13N2S.C11H9N.Ir/c1-11-6-9-16(19-10-11)15-5-3-4-13-14-8-7-12(2)20-18(14)21-17(13)15;1-2-3-9-11(12)10-7-5-4-6-8-10;/h3-4,6-10H,1-2H3;2-7,9H,1H2;/q-1;-2;+3/b;9-3-;/i1D3,6D,9D,10D;;. The van der Waals surface area contributed by atoms with E-state index < -0.39 is 24.6 Å². The summed E-state index contributed by atoms with van der Waals surface area (Å²) >= 11 is 1.43. The quantitative estimate of drug-likeness (QED) is 0.116. The summed E-state index contributed by atoms with van der Waals surface area (Å²) in [6.45, 7) is 2.75. The number of rotatable bonds is 4. The summed E-state index contributed by atoms with van der Waals surface area (Å²) in [7, 11) is 0. The third-order valence-electron chi connectivity index (χ3n) is 4.64. The van der Waals surface area contributed by atoms with Crippen molar-refractivity contribution in [2.24, 2.45) is 0 Å². The Balaban J connectivity index is 0.000000287. The topological polar surface area (TPSA) is 48.1 Å². The maximum absolute atomic E-state index is 9.40. The van der Waals surface area contributed by atoms with Gasteiger partial charge in [0.05, 0.1) is 4.11 Å². The fraction of sp³-hybridized carbons (Fsp3) is 0.0690. The Hall–Kier alpha value is -3.24. The zero-order chi connectivity index (χ0) is 28.3. The minimum absolute atomic E-state index is 0. The molecule has 0 N–H and O–H groups in total. The molecule has 0 aliphatic rings. The second-order valence-corrected chi connectivity index (χ2v) is 7.96. The Morgan fingerprint density at radius 1 is 1.15 bits per heavy atom. The molecule has 0 bridgehead atoms. The van der Waals surface area contributed by atoms with Gasteiger partial charge in [-0.2, -0.15) is 16.9 Å². The summed E-state index contributed by atoms with van der Waals surface area (Å²) in [5.41, 5.74) is 1.86. The van der Waals surface area contributed by atoms with Crippen LogP contribution in [0.5, 0.6) is 0 Å². The van der Waals surface area contributed by atoms with Crippen molar-refractivity contribution >= 4 is 37.4 Å². The van der Waals surface area contributed by atoms with Crippen molar-refractivity contribution in [3.63, 3.8) is 0 Å². The van der Waals surface area contributed by atoms with Crippen LogP contribution in [0.4, 0.5) is 0 Å². The van der Waals surface area contributed by atoms with E-state index in [1.165, 1.54) is 11.3 Å². The number of aromatic nitrogens is 2. The Kier molecular flexibility index (Phi) is 6.27. The van der Waals surface area contributed by atoms with Crippen molar-refractivity contribution in [1.29, 1.82) is 0 Å². The van der Waals surface area contributed by atoms with Gasteiger partial charge in [0.25, 0.3) is 0 Å². The molecule has 5 rings (SSSR count). The van der Waals surface area contributed by atoms with Gasteiger partial charge >= 0.3 is 20.1 Å². The second kappa shape index (κ2) is 11.8. The molecule has 3 heterocycles. The second-order valence-electron chi connectivity index (χ2n) is 6.96. The summed E-state index contributed by atoms with van der Waals surface area (Å²) in [6.07, 6.45) is 4.36. The van der Waals surface area contributed by atoms with Crippen LogP contribution in [0.2, 0.25) is 0 Å². The first-order chi connectivity index (χ1) is 18.5. The molecule has 0 radical (unpaired) electrons. The summed E-state index contributed by atoms with van der Waals surface area (Å²) in [5, 5.41) is 11.3. The molecule has 0 aliphatic heterocycles. The van der Waals surface area contributed by atoms with Gasteiger partial charge in [0, 0.05) is 16.0 Å². The van der Waals surface area contributed by atoms with Gasteiger partial charge in [0.2, 0.25) is 0 Å². The van der Waals surface area contributed by atoms with Crippen LogP contribution in [0, 0.1) is 25.9 Å². The van der Waals surface area contributed by atoms with E-state index in [0.29, 0.717) is 11.1 Å². The maximum Gasteiger partial charge on any atom is 3.00 e. The average molecular weight is 643 g/mol. The van der Waals surface area contributed by atoms with Crippen LogP contribution in [0.3, 0.4) is 0 Å². The molecule has 0 fully saturated rings. The molecule has 168 valence electrons. The third kappa shape index (κ3) is 5.81. The van der Waals surface area contributed by atoms with E-state index in [9.17, 15) is 5.41 Å². The molecule has 0 atom stereocenters. The Morgan fingerprint density at radius 2 is 2.03 bits per heavy atom. The minimum atomic E-state index is -2.66. The van der Waals surface area contributed by atoms with Gasteiger partial charge in [-0.1, -0.05) is 42.3 Å². The Morgan fingerprint density at radius 3 is 2.79 bits per heavy atom. The average Bonchev–Trinajstić information content (AvgIpc) is 3.27. The predicted molar refractivity (Wildman–Crippen MR) is 141 cm³/mol. The van der Waals surface area contributed by atoms with Gasteiger partial charge in [0.1, 0.15) is 4.83 Å². The Bertz CT molecular complexity index is 1730. The van der Waals surface area contributed by atoms with Gasteiger partial charge in [-0.3, -0.25) is 0 Å². The van der Waals surface area contributed by atoms with Gasteiger partial charge in [-0.15, -0.1) is 60.2 Å². The number of thiophene rings is 1. The zero-order valence-corrected chi connectivity index (χ0v) is 21.4. The molecule has 2 aromatic carbocycles. The fourth-order valence-electron chi connectivity index (χ4n) is 3.10. The van der Waals surface area contributed by atoms with Crippen molar-refractivity contribution in [2.45, 2.75) is 13.8 Å². The number of hydrogen-bond acceptors (Lipinski definition) is 3. The van der Waals surface area contributed by atoms with Crippen LogP contribution in [0.25, 0.3) is 37.0 Å². The van der Waals surface area contributed by atoms with E-state index in [1.54, 1.807) is 36.4 Å². The number of fused-ring (bicyclic) bond motifs is 3. The molecule has 0 saturated carbocycles. The van der Waals surface area contributed by atoms with Crippen molar-refractivity contribution in [1.82, 2.24) is 9.97 Å². The number of pyridine rings is 2. The molecule has 5 aromatic rings. The van der Waals surface area contributed by atoms with Crippen LogP contribution in [-0.4, -0.2) is 15.7 Å². The largest absolute Gasteiger partial charge is 3.00 e. The molecule has 0 amide bonds. The monoisotopic (exact) mass is 643 g/mol. The minimum Gasteiger partial charge on any atom is -0.855 e. The zero-order valence-electron chi connectivity index (χ0n) is 24.1. The van der Waals surface area contributed by atoms with E-state index >= 15 is 0 Å². The smallest absolute Gasteiger partial charge is 0.855 e. The first-order valence-electron chi connectivity index (χ1n) is 13.0. The van der Waals surface area contributed by atoms with E-state index in [4.69, 9.17) is 8.22 Å². The SMILES string of the molecule is C=C/C=C\C(=[N-])c1[c-]cccc1.[2H]c1nc(-c2[c-]ccc3c2sc2nc(C)ccc23)c([2H])c([2H])c1C([2H])([2H])[2H].[Ir+3]. The molecule has 0 aliphatic carbocycles. The molecule has 3 nitrogen and oxygen atoms in total. The molecular weight excluding hydrogens is 615 g/mol. The number of benzene rings is 2. The number of hydrogen-bond donors (Lipinski definition) is 0. The normalized spacial score (nSPS) is 13.4. The van der Waals surface area contributed by atoms with E-state index in [2.05, 4.69) is 28.7 Å². The molecule has 0 unspecified atom stereocenters. The first kappa shape index (κ1) is 18.1. The summed E-state index contributed by atoms with van der Waals surface area (Å²) in [6, 6.07) is 19.9. The molecule has 5 heteroatoms. The van der Waals surface area contributed by atoms with Crippen molar-refractivity contribution in [3.05, 3.63) is 126 Å². The van der Waals surface area contributed by atoms with Crippen molar-refractivity contribution in [2.75, 3.05) is 0 Å². The van der Waals surface area contributed by atoms with Crippen molar-refractivity contribution in [3.8, 4) is 11.3 Å². The van der Waals surface area contributed by atoms with E-state index in [-0.39, 0.29) is 37.6 Å². The maximum atomic E-state index is 9.40. The van der Waals surface area contributed by atoms with Crippen LogP contribution >= 0.6 is 11.3 Å². The summed E-state index contributed by atoms with van der Waals surface area (Å²) in [5.74, 6) is 0. The first-order valence-corrected chi connectivity index (χ1v) is 10.9.